The van der Waals surface area contributed by atoms with Gasteiger partial charge in [0.15, 0.2) is 0 Å². The van der Waals surface area contributed by atoms with E-state index in [0.717, 1.165) is 25.7 Å². The van der Waals surface area contributed by atoms with Gasteiger partial charge in [-0.05, 0) is 40.5 Å². The van der Waals surface area contributed by atoms with E-state index in [-0.39, 0.29) is 11.2 Å². The average molecular weight is 333 g/mol. The van der Waals surface area contributed by atoms with Crippen LogP contribution in [0.2, 0.25) is 0 Å². The van der Waals surface area contributed by atoms with Crippen LogP contribution in [0.1, 0.15) is 106 Å². The predicted octanol–water partition coefficient (Wildman–Crippen LogP) is 6.34. The molecule has 0 fully saturated rings. The summed E-state index contributed by atoms with van der Waals surface area (Å²) in [5.41, 5.74) is -0.606. The van der Waals surface area contributed by atoms with E-state index >= 15 is 0 Å². The number of hydrogen-bond donors (Lipinski definition) is 0. The van der Waals surface area contributed by atoms with Gasteiger partial charge >= 0.3 is 0 Å². The van der Waals surface area contributed by atoms with Crippen molar-refractivity contribution in [3.8, 4) is 0 Å². The Labute approximate surface area is 144 Å². The third-order valence-corrected chi connectivity index (χ3v) is 3.86. The van der Waals surface area contributed by atoms with Gasteiger partial charge in [-0.1, -0.05) is 59.3 Å². The summed E-state index contributed by atoms with van der Waals surface area (Å²) in [7, 11) is 0. The predicted molar refractivity (Wildman–Crippen MR) is 94.9 cm³/mol. The summed E-state index contributed by atoms with van der Waals surface area (Å²) in [4.78, 5) is 22.1. The molecular weight excluding hydrogens is 292 g/mol. The lowest BCUT2D eigenvalue weighted by molar-refractivity contribution is -0.500. The Morgan fingerprint density at radius 2 is 1.04 bits per heavy atom. The zero-order valence-electron chi connectivity index (χ0n) is 16.6. The van der Waals surface area contributed by atoms with Gasteiger partial charge in [-0.2, -0.15) is 0 Å². The molecule has 0 N–H and O–H groups in total. The standard InChI is InChI=1S/C19H40O4/c1-8-11-13-15-18(4,5)22-20-17(10-3)21-23-19(6,7)16-14-12-9-2/h17H,8-16H2,1-7H3. The van der Waals surface area contributed by atoms with Gasteiger partial charge in [0.05, 0.1) is 11.2 Å². The average Bonchev–Trinajstić information content (AvgIpc) is 2.47. The van der Waals surface area contributed by atoms with Crippen molar-refractivity contribution < 1.29 is 19.6 Å². The molecule has 0 heterocycles. The number of rotatable bonds is 15. The molecule has 0 saturated heterocycles. The Hall–Kier alpha value is -0.160. The van der Waals surface area contributed by atoms with E-state index in [1.807, 2.05) is 34.6 Å². The number of unbranched alkanes of at least 4 members (excludes halogenated alkanes) is 4. The van der Waals surface area contributed by atoms with Crippen LogP contribution in [-0.2, 0) is 19.6 Å². The molecule has 0 bridgehead atoms. The van der Waals surface area contributed by atoms with Gasteiger partial charge in [0, 0.05) is 6.42 Å². The van der Waals surface area contributed by atoms with E-state index in [9.17, 15) is 0 Å². The zero-order chi connectivity index (χ0) is 17.8. The van der Waals surface area contributed by atoms with Gasteiger partial charge < -0.3 is 0 Å². The highest BCUT2D eigenvalue weighted by Gasteiger charge is 2.25. The first-order valence-electron chi connectivity index (χ1n) is 9.45. The molecule has 0 saturated carbocycles. The Balaban J connectivity index is 4.09. The van der Waals surface area contributed by atoms with Crippen molar-refractivity contribution in [2.45, 2.75) is 124 Å². The van der Waals surface area contributed by atoms with Gasteiger partial charge in [0.25, 0.3) is 0 Å². The monoisotopic (exact) mass is 332 g/mol. The second-order valence-electron chi connectivity index (χ2n) is 7.63. The van der Waals surface area contributed by atoms with Crippen molar-refractivity contribution in [1.82, 2.24) is 0 Å². The van der Waals surface area contributed by atoms with Crippen molar-refractivity contribution in [2.24, 2.45) is 0 Å². The van der Waals surface area contributed by atoms with Crippen LogP contribution < -0.4 is 0 Å². The van der Waals surface area contributed by atoms with Crippen molar-refractivity contribution in [3.63, 3.8) is 0 Å². The van der Waals surface area contributed by atoms with Crippen LogP contribution in [0.5, 0.6) is 0 Å². The van der Waals surface area contributed by atoms with Crippen LogP contribution in [0.25, 0.3) is 0 Å². The Morgan fingerprint density at radius 1 is 0.652 bits per heavy atom. The molecular formula is C19H40O4. The lowest BCUT2D eigenvalue weighted by Gasteiger charge is -2.28. The second-order valence-corrected chi connectivity index (χ2v) is 7.63. The SMILES string of the molecule is CCCCCC(C)(C)OOC(CC)OOC(C)(C)CCCCC. The smallest absolute Gasteiger partial charge is 0.224 e. The molecule has 0 atom stereocenters. The molecule has 0 aromatic heterocycles. The first kappa shape index (κ1) is 22.8. The first-order chi connectivity index (χ1) is 10.8. The lowest BCUT2D eigenvalue weighted by Crippen LogP contribution is -2.32. The normalized spacial score (nSPS) is 13.0. The number of hydrogen-bond acceptors (Lipinski definition) is 4. The third-order valence-electron chi connectivity index (χ3n) is 3.86. The molecule has 0 aromatic rings. The highest BCUT2D eigenvalue weighted by atomic mass is 17.3. The van der Waals surface area contributed by atoms with Gasteiger partial charge in [0.2, 0.25) is 6.29 Å². The summed E-state index contributed by atoms with van der Waals surface area (Å²) in [6.45, 7) is 14.6. The molecule has 140 valence electrons. The maximum Gasteiger partial charge on any atom is 0.224 e. The van der Waals surface area contributed by atoms with Crippen molar-refractivity contribution >= 4 is 0 Å². The summed E-state index contributed by atoms with van der Waals surface area (Å²) >= 11 is 0. The van der Waals surface area contributed by atoms with Crippen LogP contribution in [0.15, 0.2) is 0 Å². The Kier molecular flexibility index (Phi) is 12.2. The molecule has 0 radical (unpaired) electrons. The first-order valence-corrected chi connectivity index (χ1v) is 9.45. The van der Waals surface area contributed by atoms with Crippen LogP contribution in [0.4, 0.5) is 0 Å². The molecule has 0 rings (SSSR count). The van der Waals surface area contributed by atoms with Gasteiger partial charge in [-0.15, -0.1) is 0 Å². The lowest BCUT2D eigenvalue weighted by atomic mass is 10.0. The molecule has 0 unspecified atom stereocenters. The fourth-order valence-electron chi connectivity index (χ4n) is 2.20. The van der Waals surface area contributed by atoms with Gasteiger partial charge in [0.1, 0.15) is 0 Å². The van der Waals surface area contributed by atoms with Crippen molar-refractivity contribution in [1.29, 1.82) is 0 Å². The minimum Gasteiger partial charge on any atom is -0.228 e. The minimum absolute atomic E-state index is 0.303. The van der Waals surface area contributed by atoms with Crippen LogP contribution in [-0.4, -0.2) is 17.5 Å². The van der Waals surface area contributed by atoms with E-state index in [4.69, 9.17) is 19.6 Å². The van der Waals surface area contributed by atoms with Gasteiger partial charge in [-0.3, -0.25) is 0 Å². The van der Waals surface area contributed by atoms with E-state index < -0.39 is 6.29 Å². The highest BCUT2D eigenvalue weighted by molar-refractivity contribution is 4.67. The topological polar surface area (TPSA) is 36.9 Å². The summed E-state index contributed by atoms with van der Waals surface area (Å²) < 4.78 is 0. The molecule has 4 nitrogen and oxygen atoms in total. The molecule has 0 aromatic carbocycles. The van der Waals surface area contributed by atoms with E-state index in [1.165, 1.54) is 25.7 Å². The zero-order valence-corrected chi connectivity index (χ0v) is 16.6. The molecule has 23 heavy (non-hydrogen) atoms. The fourth-order valence-corrected chi connectivity index (χ4v) is 2.20. The molecule has 0 spiro atoms. The van der Waals surface area contributed by atoms with Crippen LogP contribution >= 0.6 is 0 Å². The quantitative estimate of drug-likeness (QED) is 0.152. The minimum atomic E-state index is -0.495. The molecule has 0 aliphatic carbocycles. The van der Waals surface area contributed by atoms with Gasteiger partial charge in [-0.25, -0.2) is 19.6 Å². The highest BCUT2D eigenvalue weighted by Crippen LogP contribution is 2.23. The maximum atomic E-state index is 5.59. The van der Waals surface area contributed by atoms with E-state index in [0.29, 0.717) is 6.42 Å². The second kappa shape index (κ2) is 12.2. The molecule has 4 heteroatoms. The Morgan fingerprint density at radius 3 is 1.35 bits per heavy atom. The van der Waals surface area contributed by atoms with E-state index in [2.05, 4.69) is 13.8 Å². The molecule has 0 aliphatic rings. The summed E-state index contributed by atoms with van der Waals surface area (Å²) in [5, 5.41) is 0. The van der Waals surface area contributed by atoms with E-state index in [1.54, 1.807) is 0 Å². The fraction of sp³-hybridized carbons (Fsp3) is 1.00. The largest absolute Gasteiger partial charge is 0.228 e. The van der Waals surface area contributed by atoms with Crippen LogP contribution in [0.3, 0.4) is 0 Å². The third kappa shape index (κ3) is 12.9. The molecule has 0 aliphatic heterocycles. The maximum absolute atomic E-state index is 5.59. The van der Waals surface area contributed by atoms with Crippen LogP contribution in [0, 0.1) is 0 Å². The Bertz CT molecular complexity index is 251. The summed E-state index contributed by atoms with van der Waals surface area (Å²) in [6, 6.07) is 0. The van der Waals surface area contributed by atoms with Crippen molar-refractivity contribution in [2.75, 3.05) is 0 Å². The van der Waals surface area contributed by atoms with Crippen molar-refractivity contribution in [3.05, 3.63) is 0 Å². The summed E-state index contributed by atoms with van der Waals surface area (Å²) in [6.07, 6.45) is 9.27. The molecule has 0 amide bonds. The summed E-state index contributed by atoms with van der Waals surface area (Å²) in [5.74, 6) is 0.